The SMILES string of the molecule is O=C1NC(=S)N(c2ccccc2)C(=O)/C1=C\c1ccccc1OCc1ccccc1F. The van der Waals surface area contributed by atoms with Crippen LogP contribution in [-0.2, 0) is 16.2 Å². The molecule has 5 nitrogen and oxygen atoms in total. The third kappa shape index (κ3) is 4.36. The Morgan fingerprint density at radius 2 is 1.61 bits per heavy atom. The first-order valence-corrected chi connectivity index (χ1v) is 9.87. The lowest BCUT2D eigenvalue weighted by Crippen LogP contribution is -2.54. The van der Waals surface area contributed by atoms with Crippen molar-refractivity contribution < 1.29 is 18.7 Å². The van der Waals surface area contributed by atoms with Gasteiger partial charge in [0, 0.05) is 11.1 Å². The van der Waals surface area contributed by atoms with Crippen molar-refractivity contribution in [3.05, 3.63) is 101 Å². The van der Waals surface area contributed by atoms with Gasteiger partial charge in [0.05, 0.1) is 5.69 Å². The molecular weight excluding hydrogens is 415 g/mol. The van der Waals surface area contributed by atoms with Crippen molar-refractivity contribution in [2.45, 2.75) is 6.61 Å². The fourth-order valence-corrected chi connectivity index (χ4v) is 3.41. The van der Waals surface area contributed by atoms with Gasteiger partial charge in [0.2, 0.25) is 0 Å². The van der Waals surface area contributed by atoms with Gasteiger partial charge in [0.15, 0.2) is 5.11 Å². The van der Waals surface area contributed by atoms with E-state index in [0.717, 1.165) is 0 Å². The van der Waals surface area contributed by atoms with Crippen LogP contribution in [0.3, 0.4) is 0 Å². The quantitative estimate of drug-likeness (QED) is 0.372. The maximum absolute atomic E-state index is 13.9. The van der Waals surface area contributed by atoms with Gasteiger partial charge < -0.3 is 4.74 Å². The fourth-order valence-electron chi connectivity index (χ4n) is 3.13. The van der Waals surface area contributed by atoms with Crippen molar-refractivity contribution in [3.8, 4) is 5.75 Å². The molecule has 1 N–H and O–H groups in total. The van der Waals surface area contributed by atoms with E-state index in [9.17, 15) is 14.0 Å². The van der Waals surface area contributed by atoms with Crippen LogP contribution in [0.1, 0.15) is 11.1 Å². The molecule has 1 fully saturated rings. The van der Waals surface area contributed by atoms with Crippen molar-refractivity contribution in [1.82, 2.24) is 5.32 Å². The number of nitrogens with one attached hydrogen (secondary N) is 1. The molecule has 1 heterocycles. The van der Waals surface area contributed by atoms with Crippen molar-refractivity contribution in [1.29, 1.82) is 0 Å². The van der Waals surface area contributed by atoms with Gasteiger partial charge in [0.25, 0.3) is 11.8 Å². The van der Waals surface area contributed by atoms with E-state index in [4.69, 9.17) is 17.0 Å². The molecule has 1 saturated heterocycles. The number of hydrogen-bond donors (Lipinski definition) is 1. The first-order valence-electron chi connectivity index (χ1n) is 9.46. The van der Waals surface area contributed by atoms with Crippen LogP contribution in [0.4, 0.5) is 10.1 Å². The molecule has 0 bridgehead atoms. The number of anilines is 1. The molecule has 0 atom stereocenters. The van der Waals surface area contributed by atoms with Gasteiger partial charge in [-0.3, -0.25) is 19.8 Å². The molecule has 154 valence electrons. The lowest BCUT2D eigenvalue weighted by atomic mass is 10.1. The highest BCUT2D eigenvalue weighted by atomic mass is 32.1. The summed E-state index contributed by atoms with van der Waals surface area (Å²) in [5.41, 5.74) is 1.38. The highest BCUT2D eigenvalue weighted by Gasteiger charge is 2.34. The summed E-state index contributed by atoms with van der Waals surface area (Å²) in [5.74, 6) is -1.08. The number of ether oxygens (including phenoxy) is 1. The predicted molar refractivity (Wildman–Crippen MR) is 120 cm³/mol. The van der Waals surface area contributed by atoms with Crippen LogP contribution >= 0.6 is 12.2 Å². The minimum atomic E-state index is -0.592. The molecule has 3 aromatic rings. The average molecular weight is 432 g/mol. The summed E-state index contributed by atoms with van der Waals surface area (Å²) in [6.07, 6.45) is 1.45. The molecule has 0 aliphatic carbocycles. The first-order chi connectivity index (χ1) is 15.0. The lowest BCUT2D eigenvalue weighted by Gasteiger charge is -2.28. The molecule has 31 heavy (non-hydrogen) atoms. The zero-order valence-electron chi connectivity index (χ0n) is 16.2. The summed E-state index contributed by atoms with van der Waals surface area (Å²) in [6, 6.07) is 22.1. The van der Waals surface area contributed by atoms with E-state index in [-0.39, 0.29) is 23.1 Å². The van der Waals surface area contributed by atoms with Crippen LogP contribution in [0.25, 0.3) is 6.08 Å². The molecule has 0 spiro atoms. The normalized spacial score (nSPS) is 15.2. The van der Waals surface area contributed by atoms with Gasteiger partial charge in [-0.25, -0.2) is 4.39 Å². The van der Waals surface area contributed by atoms with E-state index >= 15 is 0 Å². The minimum absolute atomic E-state index is 0.00717. The highest BCUT2D eigenvalue weighted by molar-refractivity contribution is 7.80. The molecule has 0 saturated carbocycles. The second-order valence-corrected chi connectivity index (χ2v) is 7.10. The van der Waals surface area contributed by atoms with E-state index < -0.39 is 11.8 Å². The average Bonchev–Trinajstić information content (AvgIpc) is 2.77. The number of carbonyl (C=O) groups is 2. The van der Waals surface area contributed by atoms with Crippen LogP contribution in [0.5, 0.6) is 5.75 Å². The van der Waals surface area contributed by atoms with Gasteiger partial charge in [0.1, 0.15) is 23.7 Å². The number of para-hydroxylation sites is 2. The topological polar surface area (TPSA) is 58.6 Å². The Balaban J connectivity index is 1.64. The summed E-state index contributed by atoms with van der Waals surface area (Å²) in [4.78, 5) is 26.9. The zero-order valence-corrected chi connectivity index (χ0v) is 17.1. The molecule has 4 rings (SSSR count). The summed E-state index contributed by atoms with van der Waals surface area (Å²) in [6.45, 7) is 0.00717. The standard InChI is InChI=1S/C24H17FN2O3S/c25-20-12-6-4-9-17(20)15-30-21-13-7-5-8-16(21)14-19-22(28)26-24(31)27(23(19)29)18-10-2-1-3-11-18/h1-14H,15H2,(H,26,28,31)/b19-14-. The van der Waals surface area contributed by atoms with Crippen molar-refractivity contribution in [2.24, 2.45) is 0 Å². The van der Waals surface area contributed by atoms with Gasteiger partial charge >= 0.3 is 0 Å². The highest BCUT2D eigenvalue weighted by Crippen LogP contribution is 2.26. The second-order valence-electron chi connectivity index (χ2n) is 6.71. The minimum Gasteiger partial charge on any atom is -0.488 e. The Kier molecular flexibility index (Phi) is 5.86. The number of halogens is 1. The third-order valence-electron chi connectivity index (χ3n) is 4.68. The number of rotatable bonds is 5. The molecular formula is C24H17FN2O3S. The number of thiocarbonyl (C=S) groups is 1. The van der Waals surface area contributed by atoms with E-state index in [0.29, 0.717) is 22.6 Å². The van der Waals surface area contributed by atoms with Crippen LogP contribution < -0.4 is 15.0 Å². The summed E-state index contributed by atoms with van der Waals surface area (Å²) in [5, 5.41) is 2.57. The molecule has 1 aliphatic heterocycles. The van der Waals surface area contributed by atoms with Crippen LogP contribution in [0.2, 0.25) is 0 Å². The number of nitrogens with zero attached hydrogens (tertiary/aromatic N) is 1. The Hall–Kier alpha value is -3.84. The molecule has 3 aromatic carbocycles. The molecule has 1 aliphatic rings. The van der Waals surface area contributed by atoms with Crippen molar-refractivity contribution in [3.63, 3.8) is 0 Å². The monoisotopic (exact) mass is 432 g/mol. The van der Waals surface area contributed by atoms with E-state index in [1.807, 2.05) is 6.07 Å². The van der Waals surface area contributed by atoms with Gasteiger partial charge in [-0.2, -0.15) is 0 Å². The Labute approximate surface area is 183 Å². The molecule has 0 unspecified atom stereocenters. The molecule has 7 heteroatoms. The van der Waals surface area contributed by atoms with Crippen molar-refractivity contribution >= 4 is 40.9 Å². The largest absolute Gasteiger partial charge is 0.488 e. The summed E-state index contributed by atoms with van der Waals surface area (Å²) < 4.78 is 19.7. The lowest BCUT2D eigenvalue weighted by molar-refractivity contribution is -0.122. The van der Waals surface area contributed by atoms with E-state index in [2.05, 4.69) is 5.32 Å². The maximum atomic E-state index is 13.9. The fraction of sp³-hybridized carbons (Fsp3) is 0.0417. The Bertz CT molecular complexity index is 1190. The van der Waals surface area contributed by atoms with Crippen LogP contribution in [-0.4, -0.2) is 16.9 Å². The van der Waals surface area contributed by atoms with Gasteiger partial charge in [-0.1, -0.05) is 54.6 Å². The second kappa shape index (κ2) is 8.89. The molecule has 0 aromatic heterocycles. The number of carbonyl (C=O) groups excluding carboxylic acids is 2. The summed E-state index contributed by atoms with van der Waals surface area (Å²) >= 11 is 5.20. The third-order valence-corrected chi connectivity index (χ3v) is 4.96. The number of amides is 2. The predicted octanol–water partition coefficient (Wildman–Crippen LogP) is 4.24. The Morgan fingerprint density at radius 3 is 2.39 bits per heavy atom. The van der Waals surface area contributed by atoms with E-state index in [1.54, 1.807) is 66.7 Å². The zero-order chi connectivity index (χ0) is 21.8. The van der Waals surface area contributed by atoms with E-state index in [1.165, 1.54) is 17.0 Å². The number of hydrogen-bond acceptors (Lipinski definition) is 4. The van der Waals surface area contributed by atoms with Crippen LogP contribution in [0.15, 0.2) is 84.4 Å². The number of benzene rings is 3. The Morgan fingerprint density at radius 1 is 0.935 bits per heavy atom. The van der Waals surface area contributed by atoms with Gasteiger partial charge in [-0.15, -0.1) is 0 Å². The molecule has 0 radical (unpaired) electrons. The summed E-state index contributed by atoms with van der Waals surface area (Å²) in [7, 11) is 0. The van der Waals surface area contributed by atoms with Crippen LogP contribution in [0, 0.1) is 5.82 Å². The molecule has 2 amide bonds. The van der Waals surface area contributed by atoms with Crippen molar-refractivity contribution in [2.75, 3.05) is 4.90 Å². The van der Waals surface area contributed by atoms with Gasteiger partial charge in [-0.05, 0) is 42.6 Å². The smallest absolute Gasteiger partial charge is 0.270 e. The maximum Gasteiger partial charge on any atom is 0.270 e. The first kappa shape index (κ1) is 20.4.